The van der Waals surface area contributed by atoms with E-state index in [-0.39, 0.29) is 0 Å². The third-order valence-corrected chi connectivity index (χ3v) is 3.46. The molecule has 2 aliphatic heterocycles. The van der Waals surface area contributed by atoms with E-state index in [9.17, 15) is 0 Å². The van der Waals surface area contributed by atoms with Crippen molar-refractivity contribution in [1.82, 2.24) is 25.8 Å². The molecule has 0 bridgehead atoms. The highest BCUT2D eigenvalue weighted by atomic mass is 15.7. The van der Waals surface area contributed by atoms with Gasteiger partial charge in [-0.1, -0.05) is 0 Å². The fraction of sp³-hybridized carbons (Fsp3) is 0.833. The summed E-state index contributed by atoms with van der Waals surface area (Å²) in [4.78, 5) is 5.06. The van der Waals surface area contributed by atoms with Gasteiger partial charge in [-0.15, -0.1) is 5.53 Å². The topological polar surface area (TPSA) is 33.8 Å². The van der Waals surface area contributed by atoms with Gasteiger partial charge in [0.15, 0.2) is 0 Å². The van der Waals surface area contributed by atoms with E-state index in [1.807, 2.05) is 12.1 Å². The lowest BCUT2D eigenvalue weighted by Crippen LogP contribution is -2.54. The van der Waals surface area contributed by atoms with Crippen molar-refractivity contribution in [2.45, 2.75) is 26.3 Å². The Labute approximate surface area is 104 Å². The van der Waals surface area contributed by atoms with Crippen LogP contribution in [0.25, 0.3) is 0 Å². The van der Waals surface area contributed by atoms with Crippen LogP contribution in [0.5, 0.6) is 0 Å². The first-order valence-electron chi connectivity index (χ1n) is 6.38. The number of piperazine rings is 1. The largest absolute Gasteiger partial charge is 0.305 e. The molecule has 0 aromatic rings. The monoisotopic (exact) mass is 239 g/mol. The molecule has 0 aromatic heterocycles. The lowest BCUT2D eigenvalue weighted by Gasteiger charge is -2.42. The maximum Gasteiger partial charge on any atom is 0.0593 e. The highest BCUT2D eigenvalue weighted by molar-refractivity contribution is 5.04. The Morgan fingerprint density at radius 3 is 2.29 bits per heavy atom. The van der Waals surface area contributed by atoms with Crippen LogP contribution in [0.15, 0.2) is 11.9 Å². The van der Waals surface area contributed by atoms with Gasteiger partial charge in [-0.3, -0.25) is 14.8 Å². The van der Waals surface area contributed by atoms with Crippen molar-refractivity contribution in [3.8, 4) is 0 Å². The number of nitrogens with one attached hydrogen (secondary N) is 2. The summed E-state index contributed by atoms with van der Waals surface area (Å²) in [5.41, 5.74) is 7.77. The quantitative estimate of drug-likeness (QED) is 0.719. The van der Waals surface area contributed by atoms with Crippen molar-refractivity contribution in [2.75, 3.05) is 39.8 Å². The number of hydrogen-bond acceptors (Lipinski definition) is 5. The van der Waals surface area contributed by atoms with Crippen molar-refractivity contribution >= 4 is 0 Å². The van der Waals surface area contributed by atoms with E-state index >= 15 is 0 Å². The van der Waals surface area contributed by atoms with Crippen LogP contribution in [0.3, 0.4) is 0 Å². The van der Waals surface area contributed by atoms with Gasteiger partial charge in [0, 0.05) is 51.5 Å². The maximum atomic E-state index is 3.18. The second-order valence-corrected chi connectivity index (χ2v) is 5.94. The highest BCUT2D eigenvalue weighted by Gasteiger charge is 2.26. The number of rotatable bonds is 2. The molecule has 2 heterocycles. The van der Waals surface area contributed by atoms with Gasteiger partial charge < -0.3 is 5.43 Å². The van der Waals surface area contributed by atoms with E-state index in [1.54, 1.807) is 0 Å². The lowest BCUT2D eigenvalue weighted by molar-refractivity contribution is 0.0658. The molecule has 5 heteroatoms. The fourth-order valence-corrected chi connectivity index (χ4v) is 2.36. The Kier molecular flexibility index (Phi) is 3.61. The molecule has 98 valence electrons. The Morgan fingerprint density at radius 2 is 1.82 bits per heavy atom. The zero-order valence-electron chi connectivity index (χ0n) is 11.5. The van der Waals surface area contributed by atoms with Crippen LogP contribution in [0.4, 0.5) is 0 Å². The van der Waals surface area contributed by atoms with E-state index < -0.39 is 0 Å². The molecule has 0 radical (unpaired) electrons. The van der Waals surface area contributed by atoms with Gasteiger partial charge in [0.05, 0.1) is 5.70 Å². The molecular weight excluding hydrogens is 214 g/mol. The van der Waals surface area contributed by atoms with Crippen LogP contribution in [-0.4, -0.2) is 60.1 Å². The fourth-order valence-electron chi connectivity index (χ4n) is 2.36. The molecule has 0 unspecified atom stereocenters. The molecule has 0 amide bonds. The SMILES string of the molecule is CN1C=C(CN2CCN(C(C)(C)C)CC2)NN1. The van der Waals surface area contributed by atoms with Gasteiger partial charge >= 0.3 is 0 Å². The minimum Gasteiger partial charge on any atom is -0.305 e. The smallest absolute Gasteiger partial charge is 0.0593 e. The van der Waals surface area contributed by atoms with Crippen LogP contribution in [0.1, 0.15) is 20.8 Å². The van der Waals surface area contributed by atoms with Gasteiger partial charge in [0.1, 0.15) is 0 Å². The first-order chi connectivity index (χ1) is 7.95. The summed E-state index contributed by atoms with van der Waals surface area (Å²) in [6.45, 7) is 12.5. The van der Waals surface area contributed by atoms with E-state index in [2.05, 4.69) is 47.7 Å². The summed E-state index contributed by atoms with van der Waals surface area (Å²) in [5, 5.41) is 1.95. The van der Waals surface area contributed by atoms with Gasteiger partial charge in [0.25, 0.3) is 0 Å². The van der Waals surface area contributed by atoms with Crippen molar-refractivity contribution in [3.05, 3.63) is 11.9 Å². The number of hydrazine groups is 2. The molecule has 1 saturated heterocycles. The second-order valence-electron chi connectivity index (χ2n) is 5.94. The predicted octanol–water partition coefficient (Wildman–Crippen LogP) is 0.199. The summed E-state index contributed by atoms with van der Waals surface area (Å²) < 4.78 is 0. The number of hydrogen-bond donors (Lipinski definition) is 2. The van der Waals surface area contributed by atoms with Crippen LogP contribution in [-0.2, 0) is 0 Å². The highest BCUT2D eigenvalue weighted by Crippen LogP contribution is 2.16. The average molecular weight is 239 g/mol. The molecule has 2 rings (SSSR count). The van der Waals surface area contributed by atoms with Gasteiger partial charge in [0.2, 0.25) is 0 Å². The molecule has 5 nitrogen and oxygen atoms in total. The summed E-state index contributed by atoms with van der Waals surface area (Å²) in [6.07, 6.45) is 2.11. The Hall–Kier alpha value is -0.780. The van der Waals surface area contributed by atoms with Crippen LogP contribution >= 0.6 is 0 Å². The van der Waals surface area contributed by atoms with Crippen molar-refractivity contribution in [3.63, 3.8) is 0 Å². The zero-order chi connectivity index (χ0) is 12.5. The first kappa shape index (κ1) is 12.7. The van der Waals surface area contributed by atoms with Crippen LogP contribution in [0.2, 0.25) is 0 Å². The molecule has 0 aliphatic carbocycles. The second kappa shape index (κ2) is 4.84. The summed E-state index contributed by atoms with van der Waals surface area (Å²) in [7, 11) is 2.00. The third kappa shape index (κ3) is 3.34. The Morgan fingerprint density at radius 1 is 1.18 bits per heavy atom. The van der Waals surface area contributed by atoms with Gasteiger partial charge in [-0.05, 0) is 20.8 Å². The molecule has 0 saturated carbocycles. The molecule has 0 spiro atoms. The van der Waals surface area contributed by atoms with Gasteiger partial charge in [-0.2, -0.15) is 0 Å². The van der Waals surface area contributed by atoms with Crippen LogP contribution in [0, 0.1) is 0 Å². The van der Waals surface area contributed by atoms with Crippen molar-refractivity contribution < 1.29 is 0 Å². The van der Waals surface area contributed by atoms with E-state index in [4.69, 9.17) is 0 Å². The molecule has 17 heavy (non-hydrogen) atoms. The number of nitrogens with zero attached hydrogens (tertiary/aromatic N) is 3. The average Bonchev–Trinajstić information content (AvgIpc) is 2.63. The molecule has 0 atom stereocenters. The molecular formula is C12H25N5. The summed E-state index contributed by atoms with van der Waals surface area (Å²) in [5.74, 6) is 0. The molecule has 2 N–H and O–H groups in total. The van der Waals surface area contributed by atoms with E-state index in [0.29, 0.717) is 5.54 Å². The third-order valence-electron chi connectivity index (χ3n) is 3.46. The Balaban J connectivity index is 1.78. The van der Waals surface area contributed by atoms with E-state index in [1.165, 1.54) is 18.8 Å². The zero-order valence-corrected chi connectivity index (χ0v) is 11.5. The van der Waals surface area contributed by atoms with Gasteiger partial charge in [-0.25, -0.2) is 0 Å². The van der Waals surface area contributed by atoms with Crippen molar-refractivity contribution in [1.29, 1.82) is 0 Å². The molecule has 1 fully saturated rings. The van der Waals surface area contributed by atoms with Crippen molar-refractivity contribution in [2.24, 2.45) is 0 Å². The summed E-state index contributed by atoms with van der Waals surface area (Å²) >= 11 is 0. The molecule has 2 aliphatic rings. The van der Waals surface area contributed by atoms with E-state index in [0.717, 1.165) is 19.6 Å². The molecule has 0 aromatic carbocycles. The lowest BCUT2D eigenvalue weighted by atomic mass is 10.0. The minimum absolute atomic E-state index is 0.304. The van der Waals surface area contributed by atoms with Crippen LogP contribution < -0.4 is 11.0 Å². The normalized spacial score (nSPS) is 23.8. The first-order valence-corrected chi connectivity index (χ1v) is 6.38. The summed E-state index contributed by atoms with van der Waals surface area (Å²) in [6, 6.07) is 0. The Bertz CT molecular complexity index is 286. The standard InChI is InChI=1S/C12H25N5/c1-12(2,3)17-7-5-16(6-8-17)10-11-9-15(4)14-13-11/h9,13-14H,5-8,10H2,1-4H3. The minimum atomic E-state index is 0.304. The predicted molar refractivity (Wildman–Crippen MR) is 69.9 cm³/mol. The maximum absolute atomic E-state index is 3.18.